The lowest BCUT2D eigenvalue weighted by atomic mass is 10.1. The lowest BCUT2D eigenvalue weighted by Gasteiger charge is -2.07. The van der Waals surface area contributed by atoms with Gasteiger partial charge in [-0.05, 0) is 18.6 Å². The van der Waals surface area contributed by atoms with Gasteiger partial charge in [0.1, 0.15) is 0 Å². The van der Waals surface area contributed by atoms with E-state index in [-0.39, 0.29) is 24.3 Å². The fourth-order valence-electron chi connectivity index (χ4n) is 1.51. The van der Waals surface area contributed by atoms with E-state index in [1.165, 1.54) is 12.1 Å². The standard InChI is InChI=1S/C13H17NO5/c15-7-9-19-8-3-6-14-12(16)10-4-1-2-5-11(10)13(17)18/h1-2,4-5,15H,3,6-9H2,(H,14,16)(H,17,18). The second kappa shape index (κ2) is 8.23. The second-order valence-electron chi connectivity index (χ2n) is 3.80. The SMILES string of the molecule is O=C(O)c1ccccc1C(=O)NCCCOCCO. The van der Waals surface area contributed by atoms with Crippen molar-refractivity contribution in [2.45, 2.75) is 6.42 Å². The number of amides is 1. The van der Waals surface area contributed by atoms with Crippen molar-refractivity contribution >= 4 is 11.9 Å². The molecule has 3 N–H and O–H groups in total. The predicted molar refractivity (Wildman–Crippen MR) is 68.3 cm³/mol. The van der Waals surface area contributed by atoms with Crippen LogP contribution in [0.3, 0.4) is 0 Å². The molecule has 0 aliphatic heterocycles. The third kappa shape index (κ3) is 5.07. The Morgan fingerprint density at radius 3 is 2.47 bits per heavy atom. The summed E-state index contributed by atoms with van der Waals surface area (Å²) in [5.74, 6) is -1.54. The van der Waals surface area contributed by atoms with Crippen LogP contribution in [0.25, 0.3) is 0 Å². The van der Waals surface area contributed by atoms with Gasteiger partial charge in [-0.3, -0.25) is 4.79 Å². The topological polar surface area (TPSA) is 95.9 Å². The number of hydrogen-bond donors (Lipinski definition) is 3. The Morgan fingerprint density at radius 2 is 1.84 bits per heavy atom. The third-order valence-corrected chi connectivity index (χ3v) is 2.39. The van der Waals surface area contributed by atoms with Crippen LogP contribution < -0.4 is 5.32 Å². The molecule has 0 aromatic heterocycles. The lowest BCUT2D eigenvalue weighted by molar-refractivity contribution is 0.0690. The van der Waals surface area contributed by atoms with Gasteiger partial charge < -0.3 is 20.3 Å². The average Bonchev–Trinajstić information content (AvgIpc) is 2.42. The molecule has 0 aliphatic carbocycles. The van der Waals surface area contributed by atoms with Crippen LogP contribution in [0.4, 0.5) is 0 Å². The van der Waals surface area contributed by atoms with Gasteiger partial charge in [0.25, 0.3) is 5.91 Å². The Labute approximate surface area is 111 Å². The summed E-state index contributed by atoms with van der Waals surface area (Å²) in [5.41, 5.74) is 0.128. The summed E-state index contributed by atoms with van der Waals surface area (Å²) in [6.07, 6.45) is 0.598. The van der Waals surface area contributed by atoms with Crippen LogP contribution in [0, 0.1) is 0 Å². The highest BCUT2D eigenvalue weighted by atomic mass is 16.5. The minimum Gasteiger partial charge on any atom is -0.478 e. The van der Waals surface area contributed by atoms with Crippen molar-refractivity contribution in [1.82, 2.24) is 5.32 Å². The molecular formula is C13H17NO5. The molecule has 0 fully saturated rings. The number of aliphatic hydroxyl groups excluding tert-OH is 1. The van der Waals surface area contributed by atoms with Crippen molar-refractivity contribution in [3.8, 4) is 0 Å². The van der Waals surface area contributed by atoms with Gasteiger partial charge in [-0.25, -0.2) is 4.79 Å². The Balaban J connectivity index is 2.43. The Bertz CT molecular complexity index is 433. The first-order valence-corrected chi connectivity index (χ1v) is 5.96. The molecule has 6 heteroatoms. The molecule has 0 heterocycles. The van der Waals surface area contributed by atoms with E-state index in [1.807, 2.05) is 0 Å². The minimum atomic E-state index is -1.13. The van der Waals surface area contributed by atoms with Crippen molar-refractivity contribution in [1.29, 1.82) is 0 Å². The van der Waals surface area contributed by atoms with Gasteiger partial charge in [0.2, 0.25) is 0 Å². The van der Waals surface area contributed by atoms with Crippen LogP contribution in [-0.2, 0) is 4.74 Å². The zero-order chi connectivity index (χ0) is 14.1. The normalized spacial score (nSPS) is 10.2. The maximum atomic E-state index is 11.8. The van der Waals surface area contributed by atoms with E-state index in [9.17, 15) is 9.59 Å². The number of nitrogens with one attached hydrogen (secondary N) is 1. The van der Waals surface area contributed by atoms with Crippen molar-refractivity contribution in [3.63, 3.8) is 0 Å². The Kier molecular flexibility index (Phi) is 6.56. The van der Waals surface area contributed by atoms with Crippen LogP contribution in [-0.4, -0.2) is 48.5 Å². The number of benzene rings is 1. The quantitative estimate of drug-likeness (QED) is 0.596. The second-order valence-corrected chi connectivity index (χ2v) is 3.80. The third-order valence-electron chi connectivity index (χ3n) is 2.39. The molecule has 0 radical (unpaired) electrons. The maximum absolute atomic E-state index is 11.8. The fourth-order valence-corrected chi connectivity index (χ4v) is 1.51. The van der Waals surface area contributed by atoms with Crippen molar-refractivity contribution in [2.24, 2.45) is 0 Å². The molecular weight excluding hydrogens is 250 g/mol. The summed E-state index contributed by atoms with van der Waals surface area (Å²) >= 11 is 0. The minimum absolute atomic E-state index is 0.0171. The molecule has 19 heavy (non-hydrogen) atoms. The predicted octanol–water partition coefficient (Wildman–Crippen LogP) is 0.514. The van der Waals surface area contributed by atoms with Gasteiger partial charge in [0.05, 0.1) is 24.3 Å². The first-order valence-electron chi connectivity index (χ1n) is 5.96. The zero-order valence-corrected chi connectivity index (χ0v) is 10.5. The first kappa shape index (κ1) is 15.1. The first-order chi connectivity index (χ1) is 9.16. The largest absolute Gasteiger partial charge is 0.478 e. The van der Waals surface area contributed by atoms with Gasteiger partial charge in [0, 0.05) is 13.2 Å². The number of hydrogen-bond acceptors (Lipinski definition) is 4. The summed E-state index contributed by atoms with van der Waals surface area (Å²) in [4.78, 5) is 22.8. The summed E-state index contributed by atoms with van der Waals surface area (Å²) in [6, 6.07) is 6.05. The van der Waals surface area contributed by atoms with E-state index in [1.54, 1.807) is 12.1 Å². The van der Waals surface area contributed by atoms with Crippen molar-refractivity contribution < 1.29 is 24.5 Å². The monoisotopic (exact) mass is 267 g/mol. The van der Waals surface area contributed by atoms with Crippen molar-refractivity contribution in [2.75, 3.05) is 26.4 Å². The highest BCUT2D eigenvalue weighted by Crippen LogP contribution is 2.08. The summed E-state index contributed by atoms with van der Waals surface area (Å²) in [6.45, 7) is 1.06. The van der Waals surface area contributed by atoms with E-state index in [0.29, 0.717) is 19.6 Å². The fraction of sp³-hybridized carbons (Fsp3) is 0.385. The van der Waals surface area contributed by atoms with Crippen LogP contribution in [0.15, 0.2) is 24.3 Å². The van der Waals surface area contributed by atoms with Gasteiger partial charge >= 0.3 is 5.97 Å². The Hall–Kier alpha value is -1.92. The molecule has 1 rings (SSSR count). The molecule has 1 amide bonds. The highest BCUT2D eigenvalue weighted by Gasteiger charge is 2.14. The lowest BCUT2D eigenvalue weighted by Crippen LogP contribution is -2.27. The van der Waals surface area contributed by atoms with Gasteiger partial charge in [-0.1, -0.05) is 12.1 Å². The molecule has 1 aromatic carbocycles. The van der Waals surface area contributed by atoms with Gasteiger partial charge in [-0.2, -0.15) is 0 Å². The molecule has 0 bridgehead atoms. The number of ether oxygens (including phenoxy) is 1. The van der Waals surface area contributed by atoms with Gasteiger partial charge in [-0.15, -0.1) is 0 Å². The number of carboxylic acids is 1. The van der Waals surface area contributed by atoms with E-state index < -0.39 is 11.9 Å². The molecule has 6 nitrogen and oxygen atoms in total. The average molecular weight is 267 g/mol. The van der Waals surface area contributed by atoms with Crippen LogP contribution in [0.5, 0.6) is 0 Å². The van der Waals surface area contributed by atoms with E-state index in [0.717, 1.165) is 0 Å². The molecule has 0 saturated carbocycles. The summed E-state index contributed by atoms with van der Waals surface area (Å²) in [7, 11) is 0. The van der Waals surface area contributed by atoms with Gasteiger partial charge in [0.15, 0.2) is 0 Å². The smallest absolute Gasteiger partial charge is 0.336 e. The van der Waals surface area contributed by atoms with Crippen LogP contribution in [0.2, 0.25) is 0 Å². The Morgan fingerprint density at radius 1 is 1.16 bits per heavy atom. The van der Waals surface area contributed by atoms with E-state index in [4.69, 9.17) is 14.9 Å². The van der Waals surface area contributed by atoms with E-state index in [2.05, 4.69) is 5.32 Å². The molecule has 0 atom stereocenters. The van der Waals surface area contributed by atoms with Crippen LogP contribution in [0.1, 0.15) is 27.1 Å². The number of aromatic carboxylic acids is 1. The number of carboxylic acid groups (broad SMARTS) is 1. The molecule has 0 spiro atoms. The molecule has 0 saturated heterocycles. The summed E-state index contributed by atoms with van der Waals surface area (Å²) < 4.78 is 5.04. The highest BCUT2D eigenvalue weighted by molar-refractivity contribution is 6.04. The molecule has 1 aromatic rings. The molecule has 104 valence electrons. The number of aliphatic hydroxyl groups is 1. The van der Waals surface area contributed by atoms with Crippen LogP contribution >= 0.6 is 0 Å². The maximum Gasteiger partial charge on any atom is 0.336 e. The number of rotatable bonds is 8. The number of carbonyl (C=O) groups excluding carboxylic acids is 1. The summed E-state index contributed by atoms with van der Waals surface area (Å²) in [5, 5.41) is 20.1. The molecule has 0 aliphatic rings. The van der Waals surface area contributed by atoms with E-state index >= 15 is 0 Å². The van der Waals surface area contributed by atoms with Crippen molar-refractivity contribution in [3.05, 3.63) is 35.4 Å². The zero-order valence-electron chi connectivity index (χ0n) is 10.5. The number of carbonyl (C=O) groups is 2. The molecule has 0 unspecified atom stereocenters.